The fourth-order valence-electron chi connectivity index (χ4n) is 1.25. The molecule has 2 heterocycles. The van der Waals surface area contributed by atoms with Crippen molar-refractivity contribution >= 4 is 11.9 Å². The maximum atomic E-state index is 10.4. The summed E-state index contributed by atoms with van der Waals surface area (Å²) < 4.78 is 9.44. The van der Waals surface area contributed by atoms with E-state index in [1.807, 2.05) is 55.4 Å². The number of ether oxygens (including phenoxy) is 2. The van der Waals surface area contributed by atoms with Crippen LogP contribution < -0.4 is 0 Å². The maximum Gasteiger partial charge on any atom is 0.333 e. The largest absolute Gasteiger partial charge is 0.460 e. The number of cyclic esters (lactones) is 2. The van der Waals surface area contributed by atoms with Gasteiger partial charge in [0.15, 0.2) is 0 Å². The third-order valence-corrected chi connectivity index (χ3v) is 2.25. The number of esters is 2. The third kappa shape index (κ3) is 13.4. The van der Waals surface area contributed by atoms with Gasteiger partial charge in [-0.1, -0.05) is 41.5 Å². The van der Waals surface area contributed by atoms with Gasteiger partial charge in [-0.05, 0) is 33.3 Å². The molecule has 0 aromatic rings. The van der Waals surface area contributed by atoms with Crippen LogP contribution in [-0.2, 0) is 19.1 Å². The van der Waals surface area contributed by atoms with Crippen molar-refractivity contribution < 1.29 is 19.1 Å². The van der Waals surface area contributed by atoms with Crippen molar-refractivity contribution in [3.63, 3.8) is 0 Å². The van der Waals surface area contributed by atoms with Crippen LogP contribution in [0.15, 0.2) is 11.6 Å². The van der Waals surface area contributed by atoms with Crippen molar-refractivity contribution in [2.45, 2.75) is 80.8 Å². The van der Waals surface area contributed by atoms with Gasteiger partial charge in [-0.15, -0.1) is 0 Å². The number of carbonyl (C=O) groups excluding carboxylic acids is 2. The highest BCUT2D eigenvalue weighted by molar-refractivity contribution is 5.89. The summed E-state index contributed by atoms with van der Waals surface area (Å²) in [5.41, 5.74) is 0.539. The topological polar surface area (TPSA) is 52.6 Å². The van der Waals surface area contributed by atoms with Gasteiger partial charge in [-0.2, -0.15) is 0 Å². The van der Waals surface area contributed by atoms with Crippen molar-refractivity contribution in [1.29, 1.82) is 0 Å². The molecule has 0 spiro atoms. The lowest BCUT2D eigenvalue weighted by molar-refractivity contribution is -0.146. The minimum Gasteiger partial charge on any atom is -0.460 e. The first-order chi connectivity index (χ1) is 9.91. The first-order valence-electron chi connectivity index (χ1n) is 7.96. The smallest absolute Gasteiger partial charge is 0.333 e. The average molecular weight is 302 g/mol. The minimum absolute atomic E-state index is 0.0602. The quantitative estimate of drug-likeness (QED) is 0.610. The summed E-state index contributed by atoms with van der Waals surface area (Å²) in [5.74, 6) is -0.241. The Bertz CT molecular complexity index is 304. The Hall–Kier alpha value is -1.32. The van der Waals surface area contributed by atoms with Crippen LogP contribution >= 0.6 is 0 Å². The van der Waals surface area contributed by atoms with Crippen LogP contribution in [0.1, 0.15) is 75.2 Å². The van der Waals surface area contributed by atoms with Gasteiger partial charge in [0.2, 0.25) is 0 Å². The molecule has 0 radical (unpaired) electrons. The Morgan fingerprint density at radius 2 is 1.48 bits per heavy atom. The Morgan fingerprint density at radius 3 is 1.57 bits per heavy atom. The van der Waals surface area contributed by atoms with Crippen LogP contribution in [-0.4, -0.2) is 24.1 Å². The predicted molar refractivity (Wildman–Crippen MR) is 88.2 cm³/mol. The fourth-order valence-corrected chi connectivity index (χ4v) is 1.25. The van der Waals surface area contributed by atoms with E-state index in [9.17, 15) is 9.59 Å². The van der Waals surface area contributed by atoms with Gasteiger partial charge in [0, 0.05) is 12.0 Å². The first kappa shape index (κ1) is 24.7. The molecule has 0 aromatic heterocycles. The molecule has 2 rings (SSSR count). The number of hydrogen-bond donors (Lipinski definition) is 0. The molecule has 2 aliphatic rings. The molecule has 2 aliphatic heterocycles. The number of carbonyl (C=O) groups is 2. The highest BCUT2D eigenvalue weighted by Crippen LogP contribution is 2.24. The number of rotatable bonds is 0. The van der Waals surface area contributed by atoms with Crippen LogP contribution in [0.25, 0.3) is 0 Å². The summed E-state index contributed by atoms with van der Waals surface area (Å²) in [5, 5.41) is 0. The van der Waals surface area contributed by atoms with Crippen LogP contribution in [0.2, 0.25) is 0 Å². The monoisotopic (exact) mass is 302 g/mol. The predicted octanol–water partition coefficient (Wildman–Crippen LogP) is 4.67. The van der Waals surface area contributed by atoms with E-state index in [-0.39, 0.29) is 17.5 Å². The third-order valence-electron chi connectivity index (χ3n) is 2.25. The Morgan fingerprint density at radius 1 is 1.00 bits per heavy atom. The zero-order valence-corrected chi connectivity index (χ0v) is 15.3. The average Bonchev–Trinajstić information content (AvgIpc) is 3.02. The Kier molecular flexibility index (Phi) is 17.7. The summed E-state index contributed by atoms with van der Waals surface area (Å²) >= 11 is 0. The minimum atomic E-state index is -0.183. The molecule has 1 fully saturated rings. The van der Waals surface area contributed by atoms with Gasteiger partial charge in [0.05, 0.1) is 0 Å². The van der Waals surface area contributed by atoms with Gasteiger partial charge in [-0.25, -0.2) is 4.79 Å². The fraction of sp³-hybridized carbons (Fsp3) is 0.765. The van der Waals surface area contributed by atoms with E-state index in [1.54, 1.807) is 13.0 Å². The molecular formula is C17H34O4. The highest BCUT2D eigenvalue weighted by atomic mass is 16.6. The van der Waals surface area contributed by atoms with Crippen LogP contribution in [0.5, 0.6) is 0 Å². The van der Waals surface area contributed by atoms with Gasteiger partial charge >= 0.3 is 11.9 Å². The molecule has 4 heteroatoms. The molecule has 0 saturated carbocycles. The summed E-state index contributed by atoms with van der Waals surface area (Å²) in [4.78, 5) is 20.7. The van der Waals surface area contributed by atoms with E-state index in [1.165, 1.54) is 0 Å². The first-order valence-corrected chi connectivity index (χ1v) is 7.96. The second-order valence-electron chi connectivity index (χ2n) is 4.22. The van der Waals surface area contributed by atoms with Crippen molar-refractivity contribution in [2.24, 2.45) is 0 Å². The molecule has 0 amide bonds. The van der Waals surface area contributed by atoms with E-state index < -0.39 is 0 Å². The zero-order valence-electron chi connectivity index (χ0n) is 15.3. The molecule has 0 N–H and O–H groups in total. The van der Waals surface area contributed by atoms with Crippen LogP contribution in [0.3, 0.4) is 0 Å². The second-order valence-corrected chi connectivity index (χ2v) is 4.22. The van der Waals surface area contributed by atoms with Gasteiger partial charge in [0.1, 0.15) is 12.2 Å². The van der Waals surface area contributed by atoms with Crippen LogP contribution in [0, 0.1) is 0 Å². The summed E-state index contributed by atoms with van der Waals surface area (Å²) in [6, 6.07) is 0. The lowest BCUT2D eigenvalue weighted by Crippen LogP contribution is -2.17. The molecule has 0 bridgehead atoms. The lowest BCUT2D eigenvalue weighted by atomic mass is 10.1. The molecule has 0 aliphatic carbocycles. The normalized spacial score (nSPS) is 16.9. The zero-order chi connectivity index (χ0) is 17.5. The van der Waals surface area contributed by atoms with Crippen molar-refractivity contribution in [3.8, 4) is 0 Å². The molecule has 126 valence electrons. The van der Waals surface area contributed by atoms with E-state index in [4.69, 9.17) is 4.74 Å². The highest BCUT2D eigenvalue weighted by Gasteiger charge is 2.30. The molecule has 21 heavy (non-hydrogen) atoms. The summed E-state index contributed by atoms with van der Waals surface area (Å²) in [6.45, 7) is 18.1. The summed E-state index contributed by atoms with van der Waals surface area (Å²) in [6.07, 6.45) is 3.22. The van der Waals surface area contributed by atoms with Gasteiger partial charge in [-0.3, -0.25) is 4.79 Å². The Balaban J connectivity index is -0.000000229. The Labute approximate surface area is 130 Å². The van der Waals surface area contributed by atoms with Crippen molar-refractivity contribution in [3.05, 3.63) is 11.6 Å². The second kappa shape index (κ2) is 15.1. The molecule has 1 saturated heterocycles. The molecule has 0 aromatic carbocycles. The maximum absolute atomic E-state index is 10.4. The number of hydrogen-bond acceptors (Lipinski definition) is 4. The molecule has 4 nitrogen and oxygen atoms in total. The molecule has 0 atom stereocenters. The van der Waals surface area contributed by atoms with Crippen molar-refractivity contribution in [2.75, 3.05) is 6.61 Å². The van der Waals surface area contributed by atoms with Crippen LogP contribution in [0.4, 0.5) is 0 Å². The lowest BCUT2D eigenvalue weighted by Gasteiger charge is -2.14. The SMILES string of the molecule is CC.CC.CC.CC1(C)CCC(=O)O1.CC1=CCOC1=O. The molecule has 0 unspecified atom stereocenters. The molecular weight excluding hydrogens is 268 g/mol. The van der Waals surface area contributed by atoms with E-state index >= 15 is 0 Å². The van der Waals surface area contributed by atoms with Gasteiger partial charge in [0.25, 0.3) is 0 Å². The van der Waals surface area contributed by atoms with Gasteiger partial charge < -0.3 is 9.47 Å². The van der Waals surface area contributed by atoms with Crippen molar-refractivity contribution in [1.82, 2.24) is 0 Å². The summed E-state index contributed by atoms with van der Waals surface area (Å²) in [7, 11) is 0. The van der Waals surface area contributed by atoms with E-state index in [2.05, 4.69) is 4.74 Å². The van der Waals surface area contributed by atoms with E-state index in [0.29, 0.717) is 13.0 Å². The standard InChI is InChI=1S/C6H10O2.C5H6O2.3C2H6/c1-6(2)4-3-5(7)8-6;1-4-2-3-7-5(4)6;3*1-2/h3-4H2,1-2H3;2H,3H2,1H3;3*1-2H3. The van der Waals surface area contributed by atoms with E-state index in [0.717, 1.165) is 12.0 Å².